The number of rotatable bonds is 12. The van der Waals surface area contributed by atoms with Crippen LogP contribution in [0.4, 0.5) is 4.39 Å². The molecule has 0 saturated heterocycles. The third-order valence-corrected chi connectivity index (χ3v) is 6.02. The van der Waals surface area contributed by atoms with Crippen LogP contribution in [0.5, 0.6) is 0 Å². The summed E-state index contributed by atoms with van der Waals surface area (Å²) in [6.07, 6.45) is 0.492. The van der Waals surface area contributed by atoms with Gasteiger partial charge >= 0.3 is 5.97 Å². The van der Waals surface area contributed by atoms with Crippen molar-refractivity contribution in [2.24, 2.45) is 0 Å². The third kappa shape index (κ3) is 8.05. The third-order valence-electron chi connectivity index (χ3n) is 6.02. The van der Waals surface area contributed by atoms with Crippen LogP contribution in [0.15, 0.2) is 60.7 Å². The molecule has 0 amide bonds. The Labute approximate surface area is 217 Å². The average Bonchev–Trinajstić information content (AvgIpc) is 2.84. The molecule has 1 heterocycles. The molecule has 37 heavy (non-hydrogen) atoms. The predicted octanol–water partition coefficient (Wildman–Crippen LogP) is 5.64. The number of benzene rings is 2. The second kappa shape index (κ2) is 13.2. The summed E-state index contributed by atoms with van der Waals surface area (Å²) in [7, 11) is 0. The van der Waals surface area contributed by atoms with Crippen molar-refractivity contribution >= 4 is 12.0 Å². The second-order valence-electron chi connectivity index (χ2n) is 9.40. The molecule has 0 bridgehead atoms. The first-order chi connectivity index (χ1) is 17.7. The number of nitrogens with zero attached hydrogens (tertiary/aromatic N) is 1. The summed E-state index contributed by atoms with van der Waals surface area (Å²) in [6.45, 7) is 6.66. The number of carboxylic acids is 1. The molecule has 0 aliphatic rings. The number of hydrogen-bond acceptors (Lipinski definition) is 5. The van der Waals surface area contributed by atoms with E-state index in [0.717, 1.165) is 39.2 Å². The SMILES string of the molecule is Cc1nc(C(C)C)c(/C=C/C(O)CC(O)CC(=O)O)c(-c2ccc(F)cc2)c1COCc1ccccc1. The smallest absolute Gasteiger partial charge is 0.305 e. The number of aliphatic hydroxyl groups excluding tert-OH is 2. The maximum absolute atomic E-state index is 13.8. The van der Waals surface area contributed by atoms with Crippen molar-refractivity contribution < 1.29 is 29.2 Å². The lowest BCUT2D eigenvalue weighted by Crippen LogP contribution is -2.19. The van der Waals surface area contributed by atoms with Crippen LogP contribution >= 0.6 is 0 Å². The largest absolute Gasteiger partial charge is 0.481 e. The van der Waals surface area contributed by atoms with E-state index in [2.05, 4.69) is 0 Å². The second-order valence-corrected chi connectivity index (χ2v) is 9.40. The molecule has 2 aromatic carbocycles. The number of halogens is 1. The number of pyridine rings is 1. The van der Waals surface area contributed by atoms with Gasteiger partial charge in [-0.25, -0.2) is 4.39 Å². The molecule has 196 valence electrons. The van der Waals surface area contributed by atoms with Gasteiger partial charge in [0.1, 0.15) is 5.82 Å². The Bertz CT molecular complexity index is 1210. The molecule has 0 spiro atoms. The Morgan fingerprint density at radius 2 is 1.73 bits per heavy atom. The number of carbonyl (C=O) groups is 1. The van der Waals surface area contributed by atoms with Gasteiger partial charge in [-0.15, -0.1) is 0 Å². The summed E-state index contributed by atoms with van der Waals surface area (Å²) in [6, 6.07) is 16.0. The van der Waals surface area contributed by atoms with Crippen LogP contribution in [0.2, 0.25) is 0 Å². The predicted molar refractivity (Wildman–Crippen MR) is 141 cm³/mol. The van der Waals surface area contributed by atoms with E-state index in [1.165, 1.54) is 18.2 Å². The van der Waals surface area contributed by atoms with Crippen molar-refractivity contribution in [3.63, 3.8) is 0 Å². The fraction of sp³-hybridized carbons (Fsp3) is 0.333. The van der Waals surface area contributed by atoms with Crippen molar-refractivity contribution in [1.29, 1.82) is 0 Å². The van der Waals surface area contributed by atoms with Crippen LogP contribution in [0.1, 0.15) is 60.7 Å². The summed E-state index contributed by atoms with van der Waals surface area (Å²) in [4.78, 5) is 15.7. The van der Waals surface area contributed by atoms with E-state index in [-0.39, 0.29) is 24.8 Å². The first-order valence-electron chi connectivity index (χ1n) is 12.3. The number of carboxylic acid groups (broad SMARTS) is 1. The normalized spacial score (nSPS) is 13.3. The monoisotopic (exact) mass is 507 g/mol. The molecule has 0 saturated carbocycles. The standard InChI is InChI=1S/C30H34FNO5/c1-19(2)30-26(14-13-24(33)15-25(34)16-28(35)36)29(22-9-11-23(31)12-10-22)27(20(3)32-30)18-37-17-21-7-5-4-6-8-21/h4-14,19,24-25,33-34H,15-18H2,1-3H3,(H,35,36)/b14-13+. The van der Waals surface area contributed by atoms with Gasteiger partial charge in [0.25, 0.3) is 0 Å². The lowest BCUT2D eigenvalue weighted by Gasteiger charge is -2.21. The molecule has 0 aliphatic carbocycles. The van der Waals surface area contributed by atoms with Crippen molar-refractivity contribution in [3.8, 4) is 11.1 Å². The van der Waals surface area contributed by atoms with Gasteiger partial charge in [-0.05, 0) is 41.7 Å². The quantitative estimate of drug-likeness (QED) is 0.294. The van der Waals surface area contributed by atoms with Crippen LogP contribution in [0.25, 0.3) is 17.2 Å². The Morgan fingerprint density at radius 1 is 1.05 bits per heavy atom. The van der Waals surface area contributed by atoms with Gasteiger partial charge in [-0.3, -0.25) is 9.78 Å². The minimum absolute atomic E-state index is 0.0478. The molecular formula is C30H34FNO5. The van der Waals surface area contributed by atoms with E-state index in [1.54, 1.807) is 18.2 Å². The van der Waals surface area contributed by atoms with Crippen LogP contribution in [-0.2, 0) is 22.7 Å². The van der Waals surface area contributed by atoms with E-state index in [4.69, 9.17) is 14.8 Å². The molecule has 2 unspecified atom stereocenters. The maximum atomic E-state index is 13.8. The maximum Gasteiger partial charge on any atom is 0.305 e. The fourth-order valence-electron chi connectivity index (χ4n) is 4.21. The fourth-order valence-corrected chi connectivity index (χ4v) is 4.21. The number of aliphatic hydroxyl groups is 2. The zero-order valence-electron chi connectivity index (χ0n) is 21.4. The summed E-state index contributed by atoms with van der Waals surface area (Å²) < 4.78 is 19.9. The minimum atomic E-state index is -1.17. The van der Waals surface area contributed by atoms with Crippen LogP contribution < -0.4 is 0 Å². The van der Waals surface area contributed by atoms with Gasteiger partial charge in [0.05, 0.1) is 37.5 Å². The number of aliphatic carboxylic acids is 1. The Kier molecular flexibility index (Phi) is 10.1. The van der Waals surface area contributed by atoms with E-state index in [9.17, 15) is 19.4 Å². The highest BCUT2D eigenvalue weighted by molar-refractivity contribution is 5.80. The molecule has 0 radical (unpaired) electrons. The van der Waals surface area contributed by atoms with E-state index < -0.39 is 24.6 Å². The molecule has 2 atom stereocenters. The van der Waals surface area contributed by atoms with Gasteiger partial charge in [0.2, 0.25) is 0 Å². The molecule has 1 aromatic heterocycles. The Morgan fingerprint density at radius 3 is 2.35 bits per heavy atom. The summed E-state index contributed by atoms with van der Waals surface area (Å²) in [5.74, 6) is -1.43. The molecule has 3 rings (SSSR count). The van der Waals surface area contributed by atoms with Crippen molar-refractivity contribution in [2.75, 3.05) is 0 Å². The van der Waals surface area contributed by atoms with Crippen LogP contribution in [0, 0.1) is 12.7 Å². The Hall–Kier alpha value is -3.39. The van der Waals surface area contributed by atoms with E-state index in [1.807, 2.05) is 51.1 Å². The first-order valence-corrected chi connectivity index (χ1v) is 12.3. The zero-order chi connectivity index (χ0) is 26.9. The number of aryl methyl sites for hydroxylation is 1. The summed E-state index contributed by atoms with van der Waals surface area (Å²) in [5, 5.41) is 29.3. The van der Waals surface area contributed by atoms with Crippen molar-refractivity contribution in [1.82, 2.24) is 4.98 Å². The van der Waals surface area contributed by atoms with Crippen LogP contribution in [-0.4, -0.2) is 38.5 Å². The number of aromatic nitrogens is 1. The summed E-state index contributed by atoms with van der Waals surface area (Å²) >= 11 is 0. The highest BCUT2D eigenvalue weighted by atomic mass is 19.1. The highest BCUT2D eigenvalue weighted by Gasteiger charge is 2.21. The minimum Gasteiger partial charge on any atom is -0.481 e. The Balaban J connectivity index is 2.03. The lowest BCUT2D eigenvalue weighted by atomic mass is 9.89. The molecule has 0 fully saturated rings. The molecule has 7 heteroatoms. The molecule has 0 aliphatic heterocycles. The zero-order valence-corrected chi connectivity index (χ0v) is 21.4. The molecular weight excluding hydrogens is 473 g/mol. The molecule has 6 nitrogen and oxygen atoms in total. The van der Waals surface area contributed by atoms with Gasteiger partial charge in [0, 0.05) is 23.2 Å². The first kappa shape index (κ1) is 28.2. The van der Waals surface area contributed by atoms with Crippen molar-refractivity contribution in [3.05, 3.63) is 94.6 Å². The number of ether oxygens (including phenoxy) is 1. The molecule has 3 aromatic rings. The van der Waals surface area contributed by atoms with Crippen LogP contribution in [0.3, 0.4) is 0 Å². The number of hydrogen-bond donors (Lipinski definition) is 3. The molecule has 3 N–H and O–H groups in total. The van der Waals surface area contributed by atoms with Gasteiger partial charge in [-0.2, -0.15) is 0 Å². The van der Waals surface area contributed by atoms with Crippen molar-refractivity contribution in [2.45, 2.75) is 65.0 Å². The van der Waals surface area contributed by atoms with Gasteiger partial charge in [-0.1, -0.05) is 68.5 Å². The van der Waals surface area contributed by atoms with E-state index >= 15 is 0 Å². The van der Waals surface area contributed by atoms with E-state index in [0.29, 0.717) is 6.61 Å². The topological polar surface area (TPSA) is 99.9 Å². The van der Waals surface area contributed by atoms with Gasteiger partial charge in [0.15, 0.2) is 0 Å². The lowest BCUT2D eigenvalue weighted by molar-refractivity contribution is -0.139. The highest BCUT2D eigenvalue weighted by Crippen LogP contribution is 2.36. The summed E-state index contributed by atoms with van der Waals surface area (Å²) in [5.41, 5.74) is 5.87. The average molecular weight is 508 g/mol. The van der Waals surface area contributed by atoms with Gasteiger partial charge < -0.3 is 20.1 Å².